The average Bonchev–Trinajstić information content (AvgIpc) is 3.08. The Morgan fingerprint density at radius 3 is 2.65 bits per heavy atom. The summed E-state index contributed by atoms with van der Waals surface area (Å²) in [6, 6.07) is 4.07. The normalized spacial score (nSPS) is 12.7. The highest BCUT2D eigenvalue weighted by molar-refractivity contribution is 5.77. The average molecular weight is 315 g/mol. The van der Waals surface area contributed by atoms with Crippen LogP contribution in [0.25, 0.3) is 11.0 Å². The molecule has 120 valence electrons. The SMILES string of the molecule is Cc1cc2ncn(C[C@@H](O)Cn3cnc([N+](=O)[O-])c3)c2cc1C. The highest BCUT2D eigenvalue weighted by Crippen LogP contribution is 2.19. The first-order valence-electron chi connectivity index (χ1n) is 7.20. The number of imidazole rings is 2. The van der Waals surface area contributed by atoms with E-state index >= 15 is 0 Å². The minimum atomic E-state index is -0.706. The first kappa shape index (κ1) is 15.2. The lowest BCUT2D eigenvalue weighted by molar-refractivity contribution is -0.389. The highest BCUT2D eigenvalue weighted by Gasteiger charge is 2.14. The molecule has 1 N–H and O–H groups in total. The lowest BCUT2D eigenvalue weighted by atomic mass is 10.1. The smallest absolute Gasteiger partial charge is 0.381 e. The van der Waals surface area contributed by atoms with Gasteiger partial charge in [0.15, 0.2) is 0 Å². The van der Waals surface area contributed by atoms with Gasteiger partial charge in [0.25, 0.3) is 0 Å². The Morgan fingerprint density at radius 2 is 1.96 bits per heavy atom. The van der Waals surface area contributed by atoms with E-state index in [4.69, 9.17) is 0 Å². The first-order chi connectivity index (χ1) is 10.9. The van der Waals surface area contributed by atoms with Crippen molar-refractivity contribution in [1.29, 1.82) is 0 Å². The summed E-state index contributed by atoms with van der Waals surface area (Å²) < 4.78 is 3.40. The zero-order valence-corrected chi connectivity index (χ0v) is 12.9. The molecule has 2 aromatic heterocycles. The number of rotatable bonds is 5. The van der Waals surface area contributed by atoms with E-state index < -0.39 is 11.0 Å². The number of aliphatic hydroxyl groups excluding tert-OH is 1. The maximum atomic E-state index is 10.6. The summed E-state index contributed by atoms with van der Waals surface area (Å²) in [5.41, 5.74) is 4.19. The van der Waals surface area contributed by atoms with Crippen molar-refractivity contribution in [2.75, 3.05) is 0 Å². The molecule has 0 spiro atoms. The Kier molecular flexibility index (Phi) is 3.83. The first-order valence-corrected chi connectivity index (χ1v) is 7.20. The van der Waals surface area contributed by atoms with Crippen molar-refractivity contribution in [2.24, 2.45) is 0 Å². The largest absolute Gasteiger partial charge is 0.389 e. The van der Waals surface area contributed by atoms with E-state index in [-0.39, 0.29) is 12.4 Å². The Hall–Kier alpha value is -2.74. The minimum Gasteiger partial charge on any atom is -0.389 e. The molecule has 0 bridgehead atoms. The summed E-state index contributed by atoms with van der Waals surface area (Å²) in [4.78, 5) is 18.1. The molecule has 0 saturated heterocycles. The molecule has 0 aliphatic heterocycles. The van der Waals surface area contributed by atoms with Gasteiger partial charge in [0.1, 0.15) is 6.20 Å². The third-order valence-corrected chi connectivity index (χ3v) is 3.87. The van der Waals surface area contributed by atoms with Crippen LogP contribution in [0, 0.1) is 24.0 Å². The summed E-state index contributed by atoms with van der Waals surface area (Å²) in [5.74, 6) is -0.226. The molecule has 0 fully saturated rings. The van der Waals surface area contributed by atoms with E-state index in [2.05, 4.69) is 9.97 Å². The van der Waals surface area contributed by atoms with Gasteiger partial charge in [-0.1, -0.05) is 0 Å². The maximum absolute atomic E-state index is 10.6. The molecule has 8 nitrogen and oxygen atoms in total. The van der Waals surface area contributed by atoms with Crippen LogP contribution >= 0.6 is 0 Å². The standard InChI is InChI=1S/C15H17N5O3/c1-10-3-13-14(4-11(10)2)19(9-16-13)6-12(21)5-18-7-15(17-8-18)20(22)23/h3-4,7-9,12,21H,5-6H2,1-2H3/t12-/m0/s1. The molecular weight excluding hydrogens is 298 g/mol. The lowest BCUT2D eigenvalue weighted by Crippen LogP contribution is -2.21. The Labute approximate surface area is 132 Å². The van der Waals surface area contributed by atoms with Crippen LogP contribution in [0.5, 0.6) is 0 Å². The van der Waals surface area contributed by atoms with Crippen molar-refractivity contribution in [3.05, 3.63) is 52.2 Å². The van der Waals surface area contributed by atoms with E-state index in [1.807, 2.05) is 30.5 Å². The van der Waals surface area contributed by atoms with Gasteiger partial charge >= 0.3 is 5.82 Å². The quantitative estimate of drug-likeness (QED) is 0.572. The third kappa shape index (κ3) is 3.07. The molecule has 1 atom stereocenters. The molecule has 0 radical (unpaired) electrons. The number of benzene rings is 1. The number of aliphatic hydroxyl groups is 1. The molecule has 23 heavy (non-hydrogen) atoms. The summed E-state index contributed by atoms with van der Waals surface area (Å²) in [5, 5.41) is 20.9. The Bertz CT molecular complexity index is 867. The number of hydrogen-bond donors (Lipinski definition) is 1. The van der Waals surface area contributed by atoms with Gasteiger partial charge in [-0.05, 0) is 47.0 Å². The van der Waals surface area contributed by atoms with Gasteiger partial charge in [0.05, 0.1) is 36.6 Å². The van der Waals surface area contributed by atoms with Gasteiger partial charge in [0, 0.05) is 0 Å². The molecule has 3 aromatic rings. The fourth-order valence-corrected chi connectivity index (χ4v) is 2.53. The van der Waals surface area contributed by atoms with E-state index in [0.717, 1.165) is 11.0 Å². The van der Waals surface area contributed by atoms with Crippen molar-refractivity contribution < 1.29 is 10.0 Å². The molecule has 1 aromatic carbocycles. The van der Waals surface area contributed by atoms with Gasteiger partial charge in [-0.3, -0.25) is 0 Å². The number of nitrogens with zero attached hydrogens (tertiary/aromatic N) is 5. The molecule has 0 aliphatic carbocycles. The van der Waals surface area contributed by atoms with Crippen molar-refractivity contribution in [2.45, 2.75) is 33.0 Å². The maximum Gasteiger partial charge on any atom is 0.381 e. The van der Waals surface area contributed by atoms with Crippen LogP contribution in [0.15, 0.2) is 31.0 Å². The zero-order chi connectivity index (χ0) is 16.6. The van der Waals surface area contributed by atoms with E-state index in [1.165, 1.54) is 28.2 Å². The van der Waals surface area contributed by atoms with Crippen LogP contribution in [-0.2, 0) is 13.1 Å². The van der Waals surface area contributed by atoms with Crippen molar-refractivity contribution in [1.82, 2.24) is 19.1 Å². The van der Waals surface area contributed by atoms with Gasteiger partial charge in [0.2, 0.25) is 6.33 Å². The second kappa shape index (κ2) is 5.81. The van der Waals surface area contributed by atoms with Crippen LogP contribution in [0.2, 0.25) is 0 Å². The van der Waals surface area contributed by atoms with E-state index in [0.29, 0.717) is 6.54 Å². The summed E-state index contributed by atoms with van der Waals surface area (Å²) in [6.45, 7) is 4.65. The topological polar surface area (TPSA) is 99.0 Å². The Morgan fingerprint density at radius 1 is 1.22 bits per heavy atom. The minimum absolute atomic E-state index is 0.226. The molecular formula is C15H17N5O3. The fraction of sp³-hybridized carbons (Fsp3) is 0.333. The number of aromatic nitrogens is 4. The van der Waals surface area contributed by atoms with Crippen LogP contribution in [0.3, 0.4) is 0 Å². The van der Waals surface area contributed by atoms with Crippen molar-refractivity contribution in [3.8, 4) is 0 Å². The monoisotopic (exact) mass is 315 g/mol. The van der Waals surface area contributed by atoms with Crippen LogP contribution in [-0.4, -0.2) is 35.2 Å². The molecule has 3 rings (SSSR count). The number of aryl methyl sites for hydroxylation is 2. The van der Waals surface area contributed by atoms with Crippen molar-refractivity contribution >= 4 is 16.9 Å². The van der Waals surface area contributed by atoms with Gasteiger partial charge in [-0.15, -0.1) is 0 Å². The molecule has 0 amide bonds. The predicted molar refractivity (Wildman–Crippen MR) is 84.1 cm³/mol. The summed E-state index contributed by atoms with van der Waals surface area (Å²) in [7, 11) is 0. The molecule has 0 saturated carbocycles. The predicted octanol–water partition coefficient (Wildman–Crippen LogP) is 1.82. The van der Waals surface area contributed by atoms with E-state index in [9.17, 15) is 15.2 Å². The zero-order valence-electron chi connectivity index (χ0n) is 12.9. The Balaban J connectivity index is 1.75. The number of hydrogen-bond acceptors (Lipinski definition) is 5. The van der Waals surface area contributed by atoms with Gasteiger partial charge in [-0.2, -0.15) is 0 Å². The summed E-state index contributed by atoms with van der Waals surface area (Å²) >= 11 is 0. The van der Waals surface area contributed by atoms with Crippen LogP contribution in [0.1, 0.15) is 11.1 Å². The van der Waals surface area contributed by atoms with Gasteiger partial charge < -0.3 is 24.4 Å². The number of fused-ring (bicyclic) bond motifs is 1. The second-order valence-electron chi connectivity index (χ2n) is 5.66. The third-order valence-electron chi connectivity index (χ3n) is 3.87. The van der Waals surface area contributed by atoms with E-state index in [1.54, 1.807) is 6.33 Å². The highest BCUT2D eigenvalue weighted by atomic mass is 16.6. The van der Waals surface area contributed by atoms with Crippen LogP contribution in [0.4, 0.5) is 5.82 Å². The molecule has 2 heterocycles. The lowest BCUT2D eigenvalue weighted by Gasteiger charge is -2.12. The summed E-state index contributed by atoms with van der Waals surface area (Å²) in [6.07, 6.45) is 3.65. The second-order valence-corrected chi connectivity index (χ2v) is 5.66. The molecule has 0 unspecified atom stereocenters. The van der Waals surface area contributed by atoms with Crippen LogP contribution < -0.4 is 0 Å². The number of nitro groups is 1. The van der Waals surface area contributed by atoms with Gasteiger partial charge in [-0.25, -0.2) is 4.98 Å². The fourth-order valence-electron chi connectivity index (χ4n) is 2.53. The molecule has 0 aliphatic rings. The molecule has 8 heteroatoms. The van der Waals surface area contributed by atoms with Crippen molar-refractivity contribution in [3.63, 3.8) is 0 Å².